The second-order valence-corrected chi connectivity index (χ2v) is 11.8. The molecule has 0 fully saturated rings. The number of hydrogen-bond donors (Lipinski definition) is 2. The van der Waals surface area contributed by atoms with Crippen molar-refractivity contribution in [3.63, 3.8) is 0 Å². The zero-order valence-corrected chi connectivity index (χ0v) is 23.3. The predicted molar refractivity (Wildman–Crippen MR) is 146 cm³/mol. The summed E-state index contributed by atoms with van der Waals surface area (Å²) >= 11 is 9.89. The number of nitrogens with two attached hydrogens (primary N) is 1. The highest BCUT2D eigenvalue weighted by Gasteiger charge is 2.63. The second kappa shape index (κ2) is 8.74. The molecule has 2 heterocycles. The van der Waals surface area contributed by atoms with Gasteiger partial charge in [0.05, 0.1) is 12.3 Å². The van der Waals surface area contributed by atoms with Crippen molar-refractivity contribution in [1.29, 1.82) is 0 Å². The number of aryl methyl sites for hydroxylation is 1. The van der Waals surface area contributed by atoms with Crippen molar-refractivity contribution >= 4 is 56.6 Å². The number of ether oxygens (including phenoxy) is 1. The normalized spacial score (nSPS) is 22.3. The molecule has 2 aromatic carbocycles. The molecule has 7 nitrogen and oxygen atoms in total. The lowest BCUT2D eigenvalue weighted by Crippen LogP contribution is -2.54. The average molecular weight is 585 g/mol. The van der Waals surface area contributed by atoms with Crippen molar-refractivity contribution in [2.45, 2.75) is 46.0 Å². The van der Waals surface area contributed by atoms with Gasteiger partial charge in [-0.1, -0.05) is 47.4 Å². The number of amides is 1. The van der Waals surface area contributed by atoms with Crippen LogP contribution in [0.2, 0.25) is 5.02 Å². The number of rotatable bonds is 3. The van der Waals surface area contributed by atoms with Gasteiger partial charge in [0, 0.05) is 38.4 Å². The number of ketones is 1. The van der Waals surface area contributed by atoms with Crippen LogP contribution in [0, 0.1) is 12.3 Å². The van der Waals surface area contributed by atoms with Gasteiger partial charge in [-0.05, 0) is 61.6 Å². The second-order valence-electron chi connectivity index (χ2n) is 10.4. The van der Waals surface area contributed by atoms with Gasteiger partial charge in [-0.15, -0.1) is 0 Å². The van der Waals surface area contributed by atoms with Crippen LogP contribution in [0.15, 0.2) is 63.5 Å². The van der Waals surface area contributed by atoms with Crippen LogP contribution < -0.4 is 16.0 Å². The van der Waals surface area contributed by atoms with Crippen molar-refractivity contribution in [2.75, 3.05) is 16.8 Å². The largest absolute Gasteiger partial charge is 0.462 e. The van der Waals surface area contributed by atoms with Crippen molar-refractivity contribution in [3.8, 4) is 0 Å². The molecule has 0 saturated carbocycles. The Kier molecular flexibility index (Phi) is 6.03. The molecule has 0 aromatic heterocycles. The highest BCUT2D eigenvalue weighted by molar-refractivity contribution is 9.10. The molecule has 9 heteroatoms. The monoisotopic (exact) mass is 583 g/mol. The molecule has 192 valence electrons. The highest BCUT2D eigenvalue weighted by atomic mass is 79.9. The molecule has 1 amide bonds. The van der Waals surface area contributed by atoms with Gasteiger partial charge in [-0.2, -0.15) is 0 Å². The van der Waals surface area contributed by atoms with Crippen LogP contribution in [0.1, 0.15) is 44.7 Å². The maximum Gasteiger partial charge on any atom is 0.339 e. The summed E-state index contributed by atoms with van der Waals surface area (Å²) in [5.74, 6) is -1.43. The molecule has 1 atom stereocenters. The van der Waals surface area contributed by atoms with Gasteiger partial charge in [0.2, 0.25) is 5.91 Å². The molecule has 0 bridgehead atoms. The Morgan fingerprint density at radius 3 is 2.62 bits per heavy atom. The third-order valence-electron chi connectivity index (χ3n) is 7.24. The van der Waals surface area contributed by atoms with E-state index in [0.29, 0.717) is 38.6 Å². The van der Waals surface area contributed by atoms with Gasteiger partial charge >= 0.3 is 5.97 Å². The number of halogens is 2. The summed E-state index contributed by atoms with van der Waals surface area (Å²) < 4.78 is 6.17. The van der Waals surface area contributed by atoms with Crippen LogP contribution in [-0.4, -0.2) is 24.3 Å². The zero-order chi connectivity index (χ0) is 26.9. The highest BCUT2D eigenvalue weighted by Crippen LogP contribution is 2.58. The molecule has 1 unspecified atom stereocenters. The summed E-state index contributed by atoms with van der Waals surface area (Å²) in [5, 5.41) is 3.37. The Labute approximate surface area is 228 Å². The third kappa shape index (κ3) is 3.72. The Balaban J connectivity index is 1.95. The van der Waals surface area contributed by atoms with Crippen molar-refractivity contribution < 1.29 is 19.1 Å². The van der Waals surface area contributed by atoms with Crippen LogP contribution >= 0.6 is 27.5 Å². The number of carbonyl (C=O) groups is 3. The first-order chi connectivity index (χ1) is 17.4. The van der Waals surface area contributed by atoms with Gasteiger partial charge in [0.15, 0.2) is 5.78 Å². The number of esters is 1. The average Bonchev–Trinajstić information content (AvgIpc) is 3.06. The van der Waals surface area contributed by atoms with Crippen LogP contribution in [0.25, 0.3) is 0 Å². The summed E-state index contributed by atoms with van der Waals surface area (Å²) in [4.78, 5) is 43.6. The summed E-state index contributed by atoms with van der Waals surface area (Å²) in [5.41, 5.74) is 7.96. The number of anilines is 2. The number of benzene rings is 2. The first-order valence-corrected chi connectivity index (χ1v) is 13.2. The van der Waals surface area contributed by atoms with Gasteiger partial charge < -0.3 is 15.8 Å². The Morgan fingerprint density at radius 2 is 1.92 bits per heavy atom. The van der Waals surface area contributed by atoms with Crippen molar-refractivity contribution in [3.05, 3.63) is 79.7 Å². The van der Waals surface area contributed by atoms with E-state index in [0.717, 1.165) is 5.56 Å². The van der Waals surface area contributed by atoms with E-state index in [1.54, 1.807) is 42.2 Å². The minimum Gasteiger partial charge on any atom is -0.462 e. The zero-order valence-electron chi connectivity index (χ0n) is 21.0. The molecule has 3 N–H and O–H groups in total. The topological polar surface area (TPSA) is 102 Å². The molecule has 1 aliphatic carbocycles. The van der Waals surface area contributed by atoms with E-state index >= 15 is 0 Å². The third-order valence-corrected chi connectivity index (χ3v) is 7.96. The Hall–Kier alpha value is -3.10. The fourth-order valence-corrected chi connectivity index (χ4v) is 6.34. The maximum absolute atomic E-state index is 14.1. The van der Waals surface area contributed by atoms with Crippen molar-refractivity contribution in [1.82, 2.24) is 0 Å². The molecule has 1 spiro atoms. The predicted octanol–water partition coefficient (Wildman–Crippen LogP) is 5.50. The molecular weight excluding hydrogens is 558 g/mol. The molecule has 2 aliphatic heterocycles. The number of nitrogens with zero attached hydrogens (tertiary/aromatic N) is 1. The first kappa shape index (κ1) is 25.5. The van der Waals surface area contributed by atoms with E-state index in [4.69, 9.17) is 22.1 Å². The number of allylic oxidation sites excluding steroid dienone is 1. The van der Waals surface area contributed by atoms with Crippen LogP contribution in [0.3, 0.4) is 0 Å². The van der Waals surface area contributed by atoms with E-state index in [2.05, 4.69) is 21.2 Å². The number of fused-ring (bicyclic) bond motifs is 3. The smallest absolute Gasteiger partial charge is 0.339 e. The number of hydrogen-bond acceptors (Lipinski definition) is 6. The molecule has 2 aromatic rings. The molecule has 3 aliphatic rings. The van der Waals surface area contributed by atoms with Crippen molar-refractivity contribution in [2.24, 2.45) is 11.1 Å². The molecule has 0 saturated heterocycles. The SMILES string of the molecule is CCOC(=O)C1=C(N)N(c2cc(Cl)ccc2C)C2=C(C(=O)CC(C)(C)C2)C12C(=O)Nc1ccc(Br)cc12. The first-order valence-electron chi connectivity index (χ1n) is 12.0. The molecular formula is C28H27BrClN3O4. The Bertz CT molecular complexity index is 1460. The van der Waals surface area contributed by atoms with Gasteiger partial charge in [0.25, 0.3) is 0 Å². The lowest BCUT2D eigenvalue weighted by Gasteiger charge is -2.47. The van der Waals surface area contributed by atoms with E-state index < -0.39 is 22.7 Å². The molecule has 0 radical (unpaired) electrons. The Morgan fingerprint density at radius 1 is 1.19 bits per heavy atom. The van der Waals surface area contributed by atoms with Crippen LogP contribution in [0.5, 0.6) is 0 Å². The number of Topliss-reactive ketones (excluding diaryl/α,β-unsaturated/α-hetero) is 1. The van der Waals surface area contributed by atoms with Gasteiger partial charge in [-0.3, -0.25) is 14.5 Å². The van der Waals surface area contributed by atoms with Crippen LogP contribution in [-0.2, 0) is 24.5 Å². The van der Waals surface area contributed by atoms with E-state index in [1.165, 1.54) is 0 Å². The standard InChI is InChI=1S/C28H27BrClN3O4/c1-5-37-25(35)23-24(31)33(19-11-16(30)8-6-14(19)2)20-12-27(3,4)13-21(34)22(20)28(23)17-10-15(29)7-9-18(17)32-26(28)36/h6-11H,5,12-13,31H2,1-4H3,(H,32,36). The fraction of sp³-hybridized carbons (Fsp3) is 0.321. The van der Waals surface area contributed by atoms with E-state index in [-0.39, 0.29) is 35.8 Å². The molecule has 5 rings (SSSR count). The van der Waals surface area contributed by atoms with E-state index in [9.17, 15) is 14.4 Å². The minimum atomic E-state index is -1.75. The maximum atomic E-state index is 14.1. The lowest BCUT2D eigenvalue weighted by atomic mass is 9.60. The minimum absolute atomic E-state index is 0.0380. The summed E-state index contributed by atoms with van der Waals surface area (Å²) in [7, 11) is 0. The molecule has 37 heavy (non-hydrogen) atoms. The lowest BCUT2D eigenvalue weighted by molar-refractivity contribution is -0.140. The summed E-state index contributed by atoms with van der Waals surface area (Å²) in [6, 6.07) is 10.7. The van der Waals surface area contributed by atoms with Gasteiger partial charge in [0.1, 0.15) is 16.8 Å². The fourth-order valence-electron chi connectivity index (χ4n) is 5.81. The number of nitrogens with one attached hydrogen (secondary N) is 1. The van der Waals surface area contributed by atoms with Gasteiger partial charge in [-0.25, -0.2) is 4.79 Å². The summed E-state index contributed by atoms with van der Waals surface area (Å²) in [6.45, 7) is 7.66. The van der Waals surface area contributed by atoms with Crippen LogP contribution in [0.4, 0.5) is 11.4 Å². The van der Waals surface area contributed by atoms with E-state index in [1.807, 2.05) is 26.8 Å². The number of carbonyl (C=O) groups excluding carboxylic acids is 3. The quantitative estimate of drug-likeness (QED) is 0.462. The summed E-state index contributed by atoms with van der Waals surface area (Å²) in [6.07, 6.45) is 0.664.